The van der Waals surface area contributed by atoms with Gasteiger partial charge >= 0.3 is 0 Å². The Morgan fingerprint density at radius 3 is 2.33 bits per heavy atom. The van der Waals surface area contributed by atoms with Crippen molar-refractivity contribution in [2.45, 2.75) is 0 Å². The Morgan fingerprint density at radius 1 is 0.848 bits per heavy atom. The van der Waals surface area contributed by atoms with E-state index in [0.29, 0.717) is 16.5 Å². The Balaban J connectivity index is 1.94. The molecule has 0 aliphatic carbocycles. The zero-order valence-electron chi connectivity index (χ0n) is 17.7. The number of aromatic nitrogens is 1. The number of aldehydes is 1. The van der Waals surface area contributed by atoms with Crippen molar-refractivity contribution in [2.24, 2.45) is 7.05 Å². The molecule has 0 atom stereocenters. The number of hydrogen-bond donors (Lipinski definition) is 0. The van der Waals surface area contributed by atoms with E-state index in [2.05, 4.69) is 22.0 Å². The maximum atomic E-state index is 13.4. The highest BCUT2D eigenvalue weighted by molar-refractivity contribution is 9.10. The molecule has 33 heavy (non-hydrogen) atoms. The highest BCUT2D eigenvalue weighted by Gasteiger charge is 2.17. The second kappa shape index (κ2) is 8.16. The van der Waals surface area contributed by atoms with Crippen molar-refractivity contribution < 1.29 is 4.79 Å². The van der Waals surface area contributed by atoms with Crippen LogP contribution in [-0.2, 0) is 7.05 Å². The van der Waals surface area contributed by atoms with Crippen LogP contribution < -0.4 is 5.56 Å². The molecule has 0 radical (unpaired) electrons. The van der Waals surface area contributed by atoms with Gasteiger partial charge in [0.25, 0.3) is 5.56 Å². The lowest BCUT2D eigenvalue weighted by Crippen LogP contribution is -2.18. The number of nitrogens with zero attached hydrogens (tertiary/aromatic N) is 2. The number of carbonyl (C=O) groups is 1. The predicted octanol–water partition coefficient (Wildman–Crippen LogP) is 6.47. The molecule has 0 saturated heterocycles. The molecular formula is C28H17BrN2O2. The molecular weight excluding hydrogens is 476 g/mol. The molecule has 0 bridgehead atoms. The van der Waals surface area contributed by atoms with Crippen molar-refractivity contribution in [1.29, 1.82) is 5.26 Å². The zero-order valence-corrected chi connectivity index (χ0v) is 19.3. The number of fused-ring (bicyclic) bond motifs is 3. The SMILES string of the molecule is Cn1c(=O)c2ccc(-c3ccccc3C#N)cc2c2cc(Br)cc(-c3ccccc3C=O)c21. The Hall–Kier alpha value is -4.01. The van der Waals surface area contributed by atoms with Crippen LogP contribution in [0.5, 0.6) is 0 Å². The summed E-state index contributed by atoms with van der Waals surface area (Å²) < 4.78 is 2.48. The number of hydrogen-bond acceptors (Lipinski definition) is 3. The molecule has 0 aliphatic heterocycles. The van der Waals surface area contributed by atoms with Crippen LogP contribution in [0.25, 0.3) is 43.9 Å². The molecule has 5 rings (SSSR count). The van der Waals surface area contributed by atoms with Gasteiger partial charge in [-0.25, -0.2) is 0 Å². The molecule has 4 aromatic carbocycles. The minimum atomic E-state index is -0.121. The summed E-state index contributed by atoms with van der Waals surface area (Å²) >= 11 is 3.62. The minimum absolute atomic E-state index is 0.121. The van der Waals surface area contributed by atoms with E-state index in [1.807, 2.05) is 66.7 Å². The largest absolute Gasteiger partial charge is 0.310 e. The third-order valence-electron chi connectivity index (χ3n) is 5.99. The molecule has 1 aromatic heterocycles. The second-order valence-corrected chi connectivity index (χ2v) is 8.75. The zero-order chi connectivity index (χ0) is 23.1. The number of rotatable bonds is 3. The number of halogens is 1. The van der Waals surface area contributed by atoms with Gasteiger partial charge in [0, 0.05) is 33.4 Å². The minimum Gasteiger partial charge on any atom is -0.310 e. The fourth-order valence-corrected chi connectivity index (χ4v) is 4.91. The van der Waals surface area contributed by atoms with Crippen LogP contribution in [0.2, 0.25) is 0 Å². The van der Waals surface area contributed by atoms with Gasteiger partial charge in [-0.2, -0.15) is 5.26 Å². The maximum absolute atomic E-state index is 13.4. The Kier molecular flexibility index (Phi) is 5.16. The number of benzene rings is 4. The molecule has 0 unspecified atom stereocenters. The highest BCUT2D eigenvalue weighted by Crippen LogP contribution is 2.37. The van der Waals surface area contributed by atoms with Gasteiger partial charge in [-0.3, -0.25) is 9.59 Å². The van der Waals surface area contributed by atoms with Crippen molar-refractivity contribution in [1.82, 2.24) is 4.57 Å². The first-order chi connectivity index (χ1) is 16.0. The van der Waals surface area contributed by atoms with E-state index in [4.69, 9.17) is 0 Å². The molecule has 0 saturated carbocycles. The van der Waals surface area contributed by atoms with Crippen LogP contribution >= 0.6 is 15.9 Å². The predicted molar refractivity (Wildman–Crippen MR) is 135 cm³/mol. The molecule has 0 spiro atoms. The average Bonchev–Trinajstić information content (AvgIpc) is 2.86. The summed E-state index contributed by atoms with van der Waals surface area (Å²) in [5.74, 6) is 0. The molecule has 158 valence electrons. The Bertz CT molecular complexity index is 1690. The summed E-state index contributed by atoms with van der Waals surface area (Å²) in [6, 6.07) is 26.6. The third-order valence-corrected chi connectivity index (χ3v) is 6.45. The summed E-state index contributed by atoms with van der Waals surface area (Å²) in [4.78, 5) is 25.1. The van der Waals surface area contributed by atoms with E-state index in [9.17, 15) is 14.9 Å². The van der Waals surface area contributed by atoms with Crippen LogP contribution in [0.15, 0.2) is 88.1 Å². The molecule has 4 nitrogen and oxygen atoms in total. The van der Waals surface area contributed by atoms with Gasteiger partial charge in [-0.1, -0.05) is 64.5 Å². The van der Waals surface area contributed by atoms with E-state index >= 15 is 0 Å². The van der Waals surface area contributed by atoms with Gasteiger partial charge < -0.3 is 4.57 Å². The first-order valence-electron chi connectivity index (χ1n) is 10.3. The van der Waals surface area contributed by atoms with E-state index in [1.165, 1.54) is 0 Å². The molecule has 0 N–H and O–H groups in total. The standard InChI is InChI=1S/C28H17BrN2O2/c1-31-27-25(22-9-5-3-7-19(22)16-32)13-20(29)14-26(27)24-12-17(10-11-23(24)28(31)33)21-8-4-2-6-18(21)15-30/h2-14,16H,1H3. The monoisotopic (exact) mass is 492 g/mol. The van der Waals surface area contributed by atoms with Crippen LogP contribution in [0.3, 0.4) is 0 Å². The van der Waals surface area contributed by atoms with Gasteiger partial charge in [0.2, 0.25) is 0 Å². The van der Waals surface area contributed by atoms with Crippen molar-refractivity contribution in [2.75, 3.05) is 0 Å². The van der Waals surface area contributed by atoms with Gasteiger partial charge in [0.1, 0.15) is 0 Å². The lowest BCUT2D eigenvalue weighted by Gasteiger charge is -2.16. The first-order valence-corrected chi connectivity index (χ1v) is 11.1. The lowest BCUT2D eigenvalue weighted by molar-refractivity contribution is 0.112. The fraction of sp³-hybridized carbons (Fsp3) is 0.0357. The van der Waals surface area contributed by atoms with E-state index in [1.54, 1.807) is 23.7 Å². The average molecular weight is 493 g/mol. The Morgan fingerprint density at radius 2 is 1.58 bits per heavy atom. The van der Waals surface area contributed by atoms with Gasteiger partial charge in [-0.15, -0.1) is 0 Å². The molecule has 5 heteroatoms. The van der Waals surface area contributed by atoms with Crippen molar-refractivity contribution in [3.63, 3.8) is 0 Å². The second-order valence-electron chi connectivity index (χ2n) is 7.84. The highest BCUT2D eigenvalue weighted by atomic mass is 79.9. The van der Waals surface area contributed by atoms with E-state index < -0.39 is 0 Å². The normalized spacial score (nSPS) is 10.9. The summed E-state index contributed by atoms with van der Waals surface area (Å²) in [7, 11) is 1.75. The number of carbonyl (C=O) groups excluding carboxylic acids is 1. The molecule has 0 amide bonds. The molecule has 5 aromatic rings. The molecule has 1 heterocycles. The topological polar surface area (TPSA) is 62.9 Å². The van der Waals surface area contributed by atoms with Crippen molar-refractivity contribution in [3.8, 4) is 28.3 Å². The van der Waals surface area contributed by atoms with Crippen LogP contribution in [-0.4, -0.2) is 10.9 Å². The summed E-state index contributed by atoms with van der Waals surface area (Å²) in [5, 5.41) is 11.8. The summed E-state index contributed by atoms with van der Waals surface area (Å²) in [6.45, 7) is 0. The number of pyridine rings is 1. The van der Waals surface area contributed by atoms with E-state index in [-0.39, 0.29) is 5.56 Å². The Labute approximate surface area is 198 Å². The maximum Gasteiger partial charge on any atom is 0.258 e. The smallest absolute Gasteiger partial charge is 0.258 e. The summed E-state index contributed by atoms with van der Waals surface area (Å²) in [6.07, 6.45) is 0.832. The van der Waals surface area contributed by atoms with Gasteiger partial charge in [0.05, 0.1) is 17.1 Å². The first kappa shape index (κ1) is 20.9. The van der Waals surface area contributed by atoms with Gasteiger partial charge in [0.15, 0.2) is 6.29 Å². The van der Waals surface area contributed by atoms with Crippen LogP contribution in [0.4, 0.5) is 0 Å². The van der Waals surface area contributed by atoms with Crippen LogP contribution in [0, 0.1) is 11.3 Å². The van der Waals surface area contributed by atoms with Crippen LogP contribution in [0.1, 0.15) is 15.9 Å². The number of aryl methyl sites for hydroxylation is 1. The van der Waals surface area contributed by atoms with Crippen molar-refractivity contribution in [3.05, 3.63) is 105 Å². The lowest BCUT2D eigenvalue weighted by atomic mass is 9.93. The molecule has 0 aliphatic rings. The van der Waals surface area contributed by atoms with Gasteiger partial charge in [-0.05, 0) is 52.4 Å². The van der Waals surface area contributed by atoms with Crippen molar-refractivity contribution >= 4 is 43.9 Å². The fourth-order valence-electron chi connectivity index (χ4n) is 4.45. The number of nitriles is 1. The third kappa shape index (κ3) is 3.36. The summed E-state index contributed by atoms with van der Waals surface area (Å²) in [5.41, 5.74) is 5.00. The quantitative estimate of drug-likeness (QED) is 0.214. The van der Waals surface area contributed by atoms with E-state index in [0.717, 1.165) is 49.3 Å². The molecule has 0 fully saturated rings.